The normalized spacial score (nSPS) is 10.5. The van der Waals surface area contributed by atoms with E-state index in [1.54, 1.807) is 24.2 Å². The Morgan fingerprint density at radius 1 is 1.00 bits per heavy atom. The van der Waals surface area contributed by atoms with Crippen LogP contribution in [0, 0.1) is 6.92 Å². The van der Waals surface area contributed by atoms with Crippen LogP contribution in [-0.2, 0) is 0 Å². The predicted molar refractivity (Wildman–Crippen MR) is 79.1 cm³/mol. The maximum Gasteiger partial charge on any atom is 0.156 e. The largest absolute Gasteiger partial charge is 0.381 e. The van der Waals surface area contributed by atoms with E-state index in [2.05, 4.69) is 41.2 Å². The molecule has 0 amide bonds. The Morgan fingerprint density at radius 2 is 1.67 bits per heavy atom. The van der Waals surface area contributed by atoms with Crippen LogP contribution in [-0.4, -0.2) is 21.5 Å². The summed E-state index contributed by atoms with van der Waals surface area (Å²) in [7, 11) is 0. The number of aryl methyl sites for hydroxylation is 1. The van der Waals surface area contributed by atoms with E-state index in [0.29, 0.717) is 5.82 Å². The van der Waals surface area contributed by atoms with Crippen molar-refractivity contribution in [2.45, 2.75) is 16.8 Å². The summed E-state index contributed by atoms with van der Waals surface area (Å²) in [5.41, 5.74) is 7.02. The number of benzene rings is 1. The Bertz CT molecular complexity index is 500. The summed E-state index contributed by atoms with van der Waals surface area (Å²) >= 11 is 3.49. The molecular formula is C13H15N3S2. The average Bonchev–Trinajstić information content (AvgIpc) is 2.39. The van der Waals surface area contributed by atoms with Crippen LogP contribution in [0.25, 0.3) is 0 Å². The van der Waals surface area contributed by atoms with Crippen LogP contribution >= 0.6 is 23.5 Å². The molecule has 1 heterocycles. The standard InChI is InChI=1S/C13H15N3S2/c1-10-2-4-11(5-3-10)17-8-9-18-13-12(14)15-6-7-16-13/h2-7H,8-9H2,1H3,(H2,14,15). The molecule has 18 heavy (non-hydrogen) atoms. The van der Waals surface area contributed by atoms with Crippen LogP contribution in [0.3, 0.4) is 0 Å². The summed E-state index contributed by atoms with van der Waals surface area (Å²) in [4.78, 5) is 9.51. The first-order valence-corrected chi connectivity index (χ1v) is 7.61. The van der Waals surface area contributed by atoms with Gasteiger partial charge in [0.25, 0.3) is 0 Å². The first kappa shape index (κ1) is 13.2. The van der Waals surface area contributed by atoms with E-state index in [-0.39, 0.29) is 0 Å². The fourth-order valence-corrected chi connectivity index (χ4v) is 3.14. The molecule has 2 N–H and O–H groups in total. The molecule has 2 rings (SSSR count). The first-order valence-electron chi connectivity index (χ1n) is 5.64. The number of nitrogens with two attached hydrogens (primary N) is 1. The number of anilines is 1. The molecule has 0 atom stereocenters. The average molecular weight is 277 g/mol. The van der Waals surface area contributed by atoms with Crippen molar-refractivity contribution >= 4 is 29.3 Å². The molecule has 0 radical (unpaired) electrons. The SMILES string of the molecule is Cc1ccc(SCCSc2nccnc2N)cc1. The van der Waals surface area contributed by atoms with Gasteiger partial charge in [-0.1, -0.05) is 17.7 Å². The zero-order valence-corrected chi connectivity index (χ0v) is 11.8. The van der Waals surface area contributed by atoms with Crippen molar-refractivity contribution in [3.05, 3.63) is 42.2 Å². The van der Waals surface area contributed by atoms with Crippen molar-refractivity contribution in [1.82, 2.24) is 9.97 Å². The van der Waals surface area contributed by atoms with E-state index < -0.39 is 0 Å². The van der Waals surface area contributed by atoms with Gasteiger partial charge in [0, 0.05) is 28.8 Å². The Kier molecular flexibility index (Phi) is 4.90. The van der Waals surface area contributed by atoms with Crippen molar-refractivity contribution in [3.63, 3.8) is 0 Å². The second-order valence-electron chi connectivity index (χ2n) is 3.76. The van der Waals surface area contributed by atoms with Gasteiger partial charge in [0.1, 0.15) is 5.03 Å². The Hall–Kier alpha value is -1.20. The third kappa shape index (κ3) is 3.92. The number of nitrogens with zero attached hydrogens (tertiary/aromatic N) is 2. The van der Waals surface area contributed by atoms with Gasteiger partial charge in [-0.3, -0.25) is 0 Å². The van der Waals surface area contributed by atoms with Gasteiger partial charge < -0.3 is 5.73 Å². The van der Waals surface area contributed by atoms with E-state index >= 15 is 0 Å². The molecule has 1 aromatic heterocycles. The minimum absolute atomic E-state index is 0.517. The van der Waals surface area contributed by atoms with Crippen LogP contribution in [0.1, 0.15) is 5.56 Å². The molecule has 3 nitrogen and oxygen atoms in total. The summed E-state index contributed by atoms with van der Waals surface area (Å²) in [6.07, 6.45) is 3.28. The summed E-state index contributed by atoms with van der Waals surface area (Å²) < 4.78 is 0. The van der Waals surface area contributed by atoms with Gasteiger partial charge in [0.15, 0.2) is 5.82 Å². The Balaban J connectivity index is 1.76. The van der Waals surface area contributed by atoms with E-state index in [1.807, 2.05) is 11.8 Å². The fraction of sp³-hybridized carbons (Fsp3) is 0.231. The topological polar surface area (TPSA) is 51.8 Å². The monoisotopic (exact) mass is 277 g/mol. The maximum absolute atomic E-state index is 5.73. The van der Waals surface area contributed by atoms with Crippen LogP contribution in [0.15, 0.2) is 46.6 Å². The molecule has 0 bridgehead atoms. The van der Waals surface area contributed by atoms with Gasteiger partial charge in [0.2, 0.25) is 0 Å². The highest BCUT2D eigenvalue weighted by Gasteiger charge is 2.01. The molecule has 0 aliphatic carbocycles. The Morgan fingerprint density at radius 3 is 2.39 bits per heavy atom. The lowest BCUT2D eigenvalue weighted by atomic mass is 10.2. The molecule has 0 aliphatic rings. The third-order valence-electron chi connectivity index (χ3n) is 2.30. The maximum atomic E-state index is 5.73. The summed E-state index contributed by atoms with van der Waals surface area (Å²) in [6.45, 7) is 2.10. The number of rotatable bonds is 5. The summed E-state index contributed by atoms with van der Waals surface area (Å²) in [6, 6.07) is 8.58. The lowest BCUT2D eigenvalue weighted by molar-refractivity contribution is 1.07. The number of nitrogen functional groups attached to an aromatic ring is 1. The zero-order valence-electron chi connectivity index (χ0n) is 10.2. The summed E-state index contributed by atoms with van der Waals surface area (Å²) in [5, 5.41) is 0.821. The van der Waals surface area contributed by atoms with E-state index in [4.69, 9.17) is 5.73 Å². The molecule has 0 saturated carbocycles. The minimum atomic E-state index is 0.517. The molecule has 2 aromatic rings. The first-order chi connectivity index (χ1) is 8.75. The molecule has 0 fully saturated rings. The highest BCUT2D eigenvalue weighted by atomic mass is 32.2. The lowest BCUT2D eigenvalue weighted by Crippen LogP contribution is -1.96. The Labute approximate surface area is 116 Å². The zero-order chi connectivity index (χ0) is 12.8. The van der Waals surface area contributed by atoms with Gasteiger partial charge in [-0.15, -0.1) is 23.5 Å². The number of hydrogen-bond donors (Lipinski definition) is 1. The van der Waals surface area contributed by atoms with E-state index in [1.165, 1.54) is 10.5 Å². The van der Waals surface area contributed by atoms with Gasteiger partial charge in [0.05, 0.1) is 0 Å². The van der Waals surface area contributed by atoms with Crippen LogP contribution in [0.5, 0.6) is 0 Å². The number of thioether (sulfide) groups is 2. The molecule has 0 aliphatic heterocycles. The van der Waals surface area contributed by atoms with Crippen molar-refractivity contribution in [2.75, 3.05) is 17.2 Å². The third-order valence-corrected chi connectivity index (χ3v) is 4.57. The van der Waals surface area contributed by atoms with Gasteiger partial charge in [-0.2, -0.15) is 0 Å². The van der Waals surface area contributed by atoms with Gasteiger partial charge in [-0.25, -0.2) is 9.97 Å². The van der Waals surface area contributed by atoms with Crippen molar-refractivity contribution < 1.29 is 0 Å². The molecule has 1 aromatic carbocycles. The lowest BCUT2D eigenvalue weighted by Gasteiger charge is -2.03. The molecular weight excluding hydrogens is 262 g/mol. The smallest absolute Gasteiger partial charge is 0.156 e. The fourth-order valence-electron chi connectivity index (χ4n) is 1.38. The second-order valence-corrected chi connectivity index (χ2v) is 6.01. The quantitative estimate of drug-likeness (QED) is 0.671. The predicted octanol–water partition coefficient (Wildman–Crippen LogP) is 3.25. The summed E-state index contributed by atoms with van der Waals surface area (Å²) in [5.74, 6) is 2.52. The molecule has 0 spiro atoms. The van der Waals surface area contributed by atoms with E-state index in [9.17, 15) is 0 Å². The molecule has 5 heteroatoms. The van der Waals surface area contributed by atoms with Crippen LogP contribution in [0.2, 0.25) is 0 Å². The van der Waals surface area contributed by atoms with Gasteiger partial charge in [-0.05, 0) is 19.1 Å². The minimum Gasteiger partial charge on any atom is -0.381 e. The van der Waals surface area contributed by atoms with Crippen molar-refractivity contribution in [3.8, 4) is 0 Å². The highest BCUT2D eigenvalue weighted by molar-refractivity contribution is 8.03. The highest BCUT2D eigenvalue weighted by Crippen LogP contribution is 2.24. The van der Waals surface area contributed by atoms with Crippen molar-refractivity contribution in [2.24, 2.45) is 0 Å². The molecule has 0 saturated heterocycles. The van der Waals surface area contributed by atoms with Gasteiger partial charge >= 0.3 is 0 Å². The van der Waals surface area contributed by atoms with Crippen molar-refractivity contribution in [1.29, 1.82) is 0 Å². The van der Waals surface area contributed by atoms with Crippen LogP contribution < -0.4 is 5.73 Å². The molecule has 0 unspecified atom stereocenters. The van der Waals surface area contributed by atoms with E-state index in [0.717, 1.165) is 16.5 Å². The number of hydrogen-bond acceptors (Lipinski definition) is 5. The number of aromatic nitrogens is 2. The van der Waals surface area contributed by atoms with Crippen LogP contribution in [0.4, 0.5) is 5.82 Å². The second kappa shape index (κ2) is 6.66. The molecule has 94 valence electrons.